The number of rotatable bonds is 5. The van der Waals surface area contributed by atoms with Gasteiger partial charge in [0.1, 0.15) is 6.04 Å². The molecular weight excluding hydrogens is 368 g/mol. The zero-order valence-electron chi connectivity index (χ0n) is 9.74. The molecule has 2 N–H and O–H groups in total. The first-order valence-corrected chi connectivity index (χ1v) is 6.90. The first-order chi connectivity index (χ1) is 8.45. The average molecular weight is 382 g/mol. The minimum absolute atomic E-state index is 0.364. The Morgan fingerprint density at radius 3 is 2.67 bits per heavy atom. The summed E-state index contributed by atoms with van der Waals surface area (Å²) in [6.07, 6.45) is 1.09. The van der Waals surface area contributed by atoms with Crippen molar-refractivity contribution in [3.05, 3.63) is 32.4 Å². The average Bonchev–Trinajstić information content (AvgIpc) is 2.31. The molecule has 0 fully saturated rings. The van der Waals surface area contributed by atoms with Crippen LogP contribution in [0.2, 0.25) is 5.02 Å². The molecule has 0 saturated heterocycles. The van der Waals surface area contributed by atoms with Crippen LogP contribution in [0, 0.1) is 3.57 Å². The minimum atomic E-state index is -1.03. The molecule has 0 unspecified atom stereocenters. The third-order valence-electron chi connectivity index (χ3n) is 2.36. The van der Waals surface area contributed by atoms with Crippen LogP contribution in [0.15, 0.2) is 18.2 Å². The van der Waals surface area contributed by atoms with Gasteiger partial charge in [-0.3, -0.25) is 4.79 Å². The molecule has 98 valence electrons. The highest BCUT2D eigenvalue weighted by Crippen LogP contribution is 2.19. The predicted molar refractivity (Wildman–Crippen MR) is 78.0 cm³/mol. The van der Waals surface area contributed by atoms with E-state index in [1.54, 1.807) is 12.1 Å². The second kappa shape index (κ2) is 6.94. The maximum Gasteiger partial charge on any atom is 0.326 e. The zero-order valence-corrected chi connectivity index (χ0v) is 12.7. The van der Waals surface area contributed by atoms with Crippen molar-refractivity contribution in [2.75, 3.05) is 0 Å². The number of carboxylic acids is 1. The minimum Gasteiger partial charge on any atom is -0.480 e. The summed E-state index contributed by atoms with van der Waals surface area (Å²) in [4.78, 5) is 22.8. The first kappa shape index (κ1) is 15.2. The highest BCUT2D eigenvalue weighted by Gasteiger charge is 2.19. The third kappa shape index (κ3) is 4.13. The molecule has 6 heteroatoms. The smallest absolute Gasteiger partial charge is 0.326 e. The van der Waals surface area contributed by atoms with E-state index >= 15 is 0 Å². The second-order valence-electron chi connectivity index (χ2n) is 3.78. The summed E-state index contributed by atoms with van der Waals surface area (Å²) in [5, 5.41) is 11.9. The quantitative estimate of drug-likeness (QED) is 0.771. The molecule has 0 aliphatic heterocycles. The van der Waals surface area contributed by atoms with Gasteiger partial charge in [-0.2, -0.15) is 0 Å². The lowest BCUT2D eigenvalue weighted by atomic mass is 10.1. The third-order valence-corrected chi connectivity index (χ3v) is 3.93. The molecule has 0 aromatic heterocycles. The highest BCUT2D eigenvalue weighted by molar-refractivity contribution is 14.1. The van der Waals surface area contributed by atoms with Crippen molar-refractivity contribution in [2.24, 2.45) is 0 Å². The summed E-state index contributed by atoms with van der Waals surface area (Å²) in [6, 6.07) is 4.01. The number of carbonyl (C=O) groups excluding carboxylic acids is 1. The van der Waals surface area contributed by atoms with Crippen LogP contribution in [0.4, 0.5) is 0 Å². The Morgan fingerprint density at radius 2 is 2.17 bits per heavy atom. The van der Waals surface area contributed by atoms with Crippen molar-refractivity contribution in [3.8, 4) is 0 Å². The molecule has 1 amide bonds. The van der Waals surface area contributed by atoms with Crippen molar-refractivity contribution in [3.63, 3.8) is 0 Å². The van der Waals surface area contributed by atoms with Crippen LogP contribution in [0.1, 0.15) is 30.1 Å². The Hall–Kier alpha value is -0.820. The lowest BCUT2D eigenvalue weighted by molar-refractivity contribution is -0.139. The Labute approximate surface area is 124 Å². The van der Waals surface area contributed by atoms with Gasteiger partial charge in [0.25, 0.3) is 5.91 Å². The molecule has 0 saturated carbocycles. The summed E-state index contributed by atoms with van der Waals surface area (Å²) < 4.78 is 0.842. The number of halogens is 2. The van der Waals surface area contributed by atoms with Gasteiger partial charge >= 0.3 is 5.97 Å². The SMILES string of the molecule is CCC[C@H](NC(=O)c1ccc(I)c(Cl)c1)C(=O)O. The van der Waals surface area contributed by atoms with Crippen molar-refractivity contribution in [2.45, 2.75) is 25.8 Å². The number of aliphatic carboxylic acids is 1. The molecule has 18 heavy (non-hydrogen) atoms. The van der Waals surface area contributed by atoms with Crippen LogP contribution >= 0.6 is 34.2 Å². The number of carboxylic acid groups (broad SMARTS) is 1. The van der Waals surface area contributed by atoms with Crippen LogP contribution in [0.3, 0.4) is 0 Å². The molecule has 0 radical (unpaired) electrons. The van der Waals surface area contributed by atoms with Gasteiger partial charge in [-0.15, -0.1) is 0 Å². The van der Waals surface area contributed by atoms with E-state index in [-0.39, 0.29) is 0 Å². The lowest BCUT2D eigenvalue weighted by Gasteiger charge is -2.13. The van der Waals surface area contributed by atoms with Crippen molar-refractivity contribution >= 4 is 46.1 Å². The molecule has 4 nitrogen and oxygen atoms in total. The summed E-state index contributed by atoms with van der Waals surface area (Å²) >= 11 is 7.97. The number of benzene rings is 1. The standard InChI is InChI=1S/C12H13ClINO3/c1-2-3-10(12(17)18)15-11(16)7-4-5-9(14)8(13)6-7/h4-6,10H,2-3H2,1H3,(H,15,16)(H,17,18)/t10-/m0/s1. The maximum absolute atomic E-state index is 11.9. The highest BCUT2D eigenvalue weighted by atomic mass is 127. The number of amides is 1. The van der Waals surface area contributed by atoms with Gasteiger partial charge in [0.15, 0.2) is 0 Å². The molecule has 1 aromatic carbocycles. The van der Waals surface area contributed by atoms with Gasteiger partial charge in [-0.1, -0.05) is 24.9 Å². The van der Waals surface area contributed by atoms with E-state index in [1.807, 2.05) is 6.92 Å². The largest absolute Gasteiger partial charge is 0.480 e. The predicted octanol–water partition coefficient (Wildman–Crippen LogP) is 2.93. The number of hydrogen-bond acceptors (Lipinski definition) is 2. The zero-order chi connectivity index (χ0) is 13.7. The van der Waals surface area contributed by atoms with Gasteiger partial charge in [0.2, 0.25) is 0 Å². The van der Waals surface area contributed by atoms with E-state index in [1.165, 1.54) is 6.07 Å². The summed E-state index contributed by atoms with van der Waals surface area (Å²) in [5.41, 5.74) is 0.364. The van der Waals surface area contributed by atoms with E-state index < -0.39 is 17.9 Å². The van der Waals surface area contributed by atoms with Gasteiger partial charge in [0.05, 0.1) is 5.02 Å². The van der Waals surface area contributed by atoms with E-state index in [0.29, 0.717) is 23.4 Å². The molecule has 1 rings (SSSR count). The van der Waals surface area contributed by atoms with Crippen LogP contribution in [0.25, 0.3) is 0 Å². The Balaban J connectivity index is 2.80. The van der Waals surface area contributed by atoms with Gasteiger partial charge in [0, 0.05) is 9.13 Å². The molecule has 0 spiro atoms. The summed E-state index contributed by atoms with van der Waals surface area (Å²) in [6.45, 7) is 1.86. The fourth-order valence-corrected chi connectivity index (χ4v) is 1.94. The second-order valence-corrected chi connectivity index (χ2v) is 5.35. The van der Waals surface area contributed by atoms with Crippen LogP contribution in [-0.4, -0.2) is 23.0 Å². The topological polar surface area (TPSA) is 66.4 Å². The normalized spacial score (nSPS) is 11.9. The van der Waals surface area contributed by atoms with Crippen LogP contribution in [0.5, 0.6) is 0 Å². The Morgan fingerprint density at radius 1 is 1.50 bits per heavy atom. The molecule has 1 aromatic rings. The Bertz CT molecular complexity index is 465. The molecule has 0 heterocycles. The van der Waals surface area contributed by atoms with Crippen molar-refractivity contribution in [1.82, 2.24) is 5.32 Å². The summed E-state index contributed by atoms with van der Waals surface area (Å²) in [7, 11) is 0. The first-order valence-electron chi connectivity index (χ1n) is 5.44. The van der Waals surface area contributed by atoms with Crippen LogP contribution < -0.4 is 5.32 Å². The number of hydrogen-bond donors (Lipinski definition) is 2. The van der Waals surface area contributed by atoms with Crippen molar-refractivity contribution in [1.29, 1.82) is 0 Å². The fourth-order valence-electron chi connectivity index (χ4n) is 1.43. The molecule has 0 bridgehead atoms. The fraction of sp³-hybridized carbons (Fsp3) is 0.333. The van der Waals surface area contributed by atoms with Gasteiger partial charge in [-0.05, 0) is 47.2 Å². The summed E-state index contributed by atoms with van der Waals surface area (Å²) in [5.74, 6) is -1.45. The molecule has 1 atom stereocenters. The van der Waals surface area contributed by atoms with E-state index in [9.17, 15) is 9.59 Å². The van der Waals surface area contributed by atoms with Gasteiger partial charge in [-0.25, -0.2) is 4.79 Å². The van der Waals surface area contributed by atoms with E-state index in [4.69, 9.17) is 16.7 Å². The number of nitrogens with one attached hydrogen (secondary N) is 1. The lowest BCUT2D eigenvalue weighted by Crippen LogP contribution is -2.40. The van der Waals surface area contributed by atoms with Crippen LogP contribution in [-0.2, 0) is 4.79 Å². The number of carbonyl (C=O) groups is 2. The Kier molecular flexibility index (Phi) is 5.87. The molecular formula is C12H13ClINO3. The van der Waals surface area contributed by atoms with Gasteiger partial charge < -0.3 is 10.4 Å². The molecule has 0 aliphatic rings. The van der Waals surface area contributed by atoms with E-state index in [2.05, 4.69) is 27.9 Å². The monoisotopic (exact) mass is 381 g/mol. The molecule has 0 aliphatic carbocycles. The maximum atomic E-state index is 11.9. The van der Waals surface area contributed by atoms with Crippen molar-refractivity contribution < 1.29 is 14.7 Å². The van der Waals surface area contributed by atoms with E-state index in [0.717, 1.165) is 3.57 Å².